The molecule has 0 amide bonds. The smallest absolute Gasteiger partial charge is 0.133 e. The van der Waals surface area contributed by atoms with E-state index < -0.39 is 0 Å². The summed E-state index contributed by atoms with van der Waals surface area (Å²) in [6, 6.07) is 11.7. The number of ether oxygens (including phenoxy) is 2. The van der Waals surface area contributed by atoms with Crippen LogP contribution in [0.25, 0.3) is 0 Å². The molecule has 0 saturated carbocycles. The van der Waals surface area contributed by atoms with Crippen molar-refractivity contribution in [3.05, 3.63) is 57.0 Å². The topological polar surface area (TPSA) is 30.5 Å². The summed E-state index contributed by atoms with van der Waals surface area (Å²) in [6.07, 6.45) is 0. The summed E-state index contributed by atoms with van der Waals surface area (Å²) in [5.41, 5.74) is 2.13. The van der Waals surface area contributed by atoms with Crippen LogP contribution < -0.4 is 14.8 Å². The second-order valence-electron chi connectivity index (χ2n) is 4.50. The van der Waals surface area contributed by atoms with Gasteiger partial charge in [-0.2, -0.15) is 0 Å². The summed E-state index contributed by atoms with van der Waals surface area (Å²) in [6.45, 7) is 0. The van der Waals surface area contributed by atoms with Gasteiger partial charge < -0.3 is 14.8 Å². The maximum absolute atomic E-state index is 6.03. The Labute approximate surface area is 138 Å². The van der Waals surface area contributed by atoms with Gasteiger partial charge in [0.25, 0.3) is 0 Å². The summed E-state index contributed by atoms with van der Waals surface area (Å²) in [4.78, 5) is 0. The number of nitrogens with one attached hydrogen (secondary N) is 1. The van der Waals surface area contributed by atoms with Crippen molar-refractivity contribution in [1.82, 2.24) is 5.32 Å². The molecule has 0 spiro atoms. The van der Waals surface area contributed by atoms with E-state index in [0.717, 1.165) is 27.1 Å². The molecule has 0 saturated heterocycles. The zero-order valence-electron chi connectivity index (χ0n) is 12.1. The van der Waals surface area contributed by atoms with E-state index in [9.17, 15) is 0 Å². The van der Waals surface area contributed by atoms with Crippen LogP contribution in [0.4, 0.5) is 0 Å². The van der Waals surface area contributed by atoms with Crippen molar-refractivity contribution in [2.45, 2.75) is 6.04 Å². The van der Waals surface area contributed by atoms with Gasteiger partial charge in [-0.25, -0.2) is 0 Å². The molecular formula is C16H17BrClNO2. The predicted octanol–water partition coefficient (Wildman–Crippen LogP) is 4.43. The van der Waals surface area contributed by atoms with Crippen molar-refractivity contribution in [3.63, 3.8) is 0 Å². The van der Waals surface area contributed by atoms with Gasteiger partial charge >= 0.3 is 0 Å². The molecule has 3 nitrogen and oxygen atoms in total. The maximum Gasteiger partial charge on any atom is 0.133 e. The molecule has 0 radical (unpaired) electrons. The molecule has 1 unspecified atom stereocenters. The number of hydrogen-bond donors (Lipinski definition) is 1. The minimum absolute atomic E-state index is 0.000534. The van der Waals surface area contributed by atoms with Gasteiger partial charge in [-0.05, 0) is 52.8 Å². The van der Waals surface area contributed by atoms with Crippen LogP contribution in [-0.4, -0.2) is 21.3 Å². The van der Waals surface area contributed by atoms with Gasteiger partial charge in [0.1, 0.15) is 11.5 Å². The van der Waals surface area contributed by atoms with Crippen LogP contribution in [0.5, 0.6) is 11.5 Å². The molecule has 5 heteroatoms. The molecule has 0 heterocycles. The summed E-state index contributed by atoms with van der Waals surface area (Å²) >= 11 is 9.55. The summed E-state index contributed by atoms with van der Waals surface area (Å²) in [7, 11) is 5.21. The molecule has 112 valence electrons. The summed E-state index contributed by atoms with van der Waals surface area (Å²) in [5, 5.41) is 3.96. The minimum Gasteiger partial charge on any atom is -0.496 e. The van der Waals surface area contributed by atoms with Gasteiger partial charge in [-0.1, -0.05) is 23.7 Å². The molecule has 1 N–H and O–H groups in total. The molecule has 2 aromatic rings. The van der Waals surface area contributed by atoms with Gasteiger partial charge in [-0.3, -0.25) is 0 Å². The van der Waals surface area contributed by atoms with Crippen LogP contribution in [0, 0.1) is 0 Å². The number of methoxy groups -OCH3 is 2. The van der Waals surface area contributed by atoms with E-state index in [1.54, 1.807) is 14.2 Å². The molecule has 0 aliphatic rings. The van der Waals surface area contributed by atoms with Gasteiger partial charge in [0.2, 0.25) is 0 Å². The first-order valence-corrected chi connectivity index (χ1v) is 7.62. The molecule has 0 aliphatic carbocycles. The lowest BCUT2D eigenvalue weighted by Gasteiger charge is -2.21. The fraction of sp³-hybridized carbons (Fsp3) is 0.250. The highest BCUT2D eigenvalue weighted by Crippen LogP contribution is 2.35. The molecule has 0 bridgehead atoms. The quantitative estimate of drug-likeness (QED) is 0.844. The van der Waals surface area contributed by atoms with Crippen molar-refractivity contribution in [2.24, 2.45) is 0 Å². The Kier molecular flexibility index (Phi) is 5.51. The van der Waals surface area contributed by atoms with Gasteiger partial charge in [-0.15, -0.1) is 0 Å². The second-order valence-corrected chi connectivity index (χ2v) is 5.79. The lowest BCUT2D eigenvalue weighted by atomic mass is 9.98. The van der Waals surface area contributed by atoms with Crippen LogP contribution in [0.1, 0.15) is 17.2 Å². The lowest BCUT2D eigenvalue weighted by molar-refractivity contribution is 0.405. The molecule has 21 heavy (non-hydrogen) atoms. The largest absolute Gasteiger partial charge is 0.496 e. The first-order chi connectivity index (χ1) is 10.1. The summed E-state index contributed by atoms with van der Waals surface area (Å²) in [5.74, 6) is 1.56. The van der Waals surface area contributed by atoms with Crippen LogP contribution in [-0.2, 0) is 0 Å². The molecule has 2 rings (SSSR count). The highest BCUT2D eigenvalue weighted by atomic mass is 79.9. The fourth-order valence-corrected chi connectivity index (χ4v) is 3.01. The van der Waals surface area contributed by atoms with Crippen molar-refractivity contribution >= 4 is 27.5 Å². The number of rotatable bonds is 5. The van der Waals surface area contributed by atoms with E-state index in [4.69, 9.17) is 21.1 Å². The van der Waals surface area contributed by atoms with Crippen LogP contribution in [0.3, 0.4) is 0 Å². The van der Waals surface area contributed by atoms with Crippen LogP contribution >= 0.6 is 27.5 Å². The second kappa shape index (κ2) is 7.16. The lowest BCUT2D eigenvalue weighted by Crippen LogP contribution is -2.18. The van der Waals surface area contributed by atoms with E-state index in [1.165, 1.54) is 0 Å². The highest BCUT2D eigenvalue weighted by molar-refractivity contribution is 9.10. The Bertz CT molecular complexity index is 634. The predicted molar refractivity (Wildman–Crippen MR) is 89.6 cm³/mol. The monoisotopic (exact) mass is 369 g/mol. The Morgan fingerprint density at radius 2 is 1.76 bits per heavy atom. The van der Waals surface area contributed by atoms with Crippen molar-refractivity contribution in [1.29, 1.82) is 0 Å². The average molecular weight is 371 g/mol. The fourth-order valence-electron chi connectivity index (χ4n) is 2.29. The molecule has 2 aromatic carbocycles. The molecule has 0 aromatic heterocycles. The number of halogens is 2. The minimum atomic E-state index is -0.000534. The Balaban J connectivity index is 2.46. The SMILES string of the molecule is CNC(c1ccc(OC)c(Br)c1)c1ccc(Cl)cc1OC. The summed E-state index contributed by atoms with van der Waals surface area (Å²) < 4.78 is 11.6. The molecule has 0 aliphatic heterocycles. The van der Waals surface area contributed by atoms with E-state index in [-0.39, 0.29) is 6.04 Å². The third kappa shape index (κ3) is 3.51. The van der Waals surface area contributed by atoms with E-state index in [2.05, 4.69) is 21.2 Å². The average Bonchev–Trinajstić information content (AvgIpc) is 2.49. The third-order valence-corrected chi connectivity index (χ3v) is 4.16. The Hall–Kier alpha value is -1.23. The van der Waals surface area contributed by atoms with Gasteiger partial charge in [0, 0.05) is 10.6 Å². The van der Waals surface area contributed by atoms with Crippen molar-refractivity contribution in [2.75, 3.05) is 21.3 Å². The van der Waals surface area contributed by atoms with Gasteiger partial charge in [0.05, 0.1) is 24.7 Å². The van der Waals surface area contributed by atoms with Gasteiger partial charge in [0.15, 0.2) is 0 Å². The molecule has 0 fully saturated rings. The van der Waals surface area contributed by atoms with E-state index in [1.807, 2.05) is 43.4 Å². The molecule has 1 atom stereocenters. The molecular weight excluding hydrogens is 354 g/mol. The Morgan fingerprint density at radius 1 is 1.05 bits per heavy atom. The zero-order valence-corrected chi connectivity index (χ0v) is 14.5. The van der Waals surface area contributed by atoms with Crippen molar-refractivity contribution in [3.8, 4) is 11.5 Å². The normalized spacial score (nSPS) is 12.0. The maximum atomic E-state index is 6.03. The van der Waals surface area contributed by atoms with Crippen molar-refractivity contribution < 1.29 is 9.47 Å². The standard InChI is InChI=1S/C16H17BrClNO2/c1-19-16(10-4-7-14(20-2)13(17)8-10)12-6-5-11(18)9-15(12)21-3/h4-9,16,19H,1-3H3. The van der Waals surface area contributed by atoms with Crippen LogP contribution in [0.15, 0.2) is 40.9 Å². The first kappa shape index (κ1) is 16.1. The first-order valence-electron chi connectivity index (χ1n) is 6.44. The van der Waals surface area contributed by atoms with E-state index >= 15 is 0 Å². The third-order valence-electron chi connectivity index (χ3n) is 3.30. The van der Waals surface area contributed by atoms with Crippen LogP contribution in [0.2, 0.25) is 5.02 Å². The highest BCUT2D eigenvalue weighted by Gasteiger charge is 2.18. The zero-order chi connectivity index (χ0) is 15.4. The van der Waals surface area contributed by atoms with E-state index in [0.29, 0.717) is 5.02 Å². The number of benzene rings is 2. The Morgan fingerprint density at radius 3 is 2.33 bits per heavy atom. The number of hydrogen-bond acceptors (Lipinski definition) is 3.